The molecule has 3 rings (SSSR count). The van der Waals surface area contributed by atoms with Crippen molar-refractivity contribution in [2.75, 3.05) is 5.32 Å². The third kappa shape index (κ3) is 4.31. The molecule has 0 spiro atoms. The summed E-state index contributed by atoms with van der Waals surface area (Å²) in [6, 6.07) is 14.9. The van der Waals surface area contributed by atoms with Gasteiger partial charge in [0.05, 0.1) is 6.04 Å². The molecule has 0 aliphatic carbocycles. The first kappa shape index (κ1) is 17.7. The summed E-state index contributed by atoms with van der Waals surface area (Å²) in [4.78, 5) is 0. The third-order valence-corrected chi connectivity index (χ3v) is 4.77. The van der Waals surface area contributed by atoms with E-state index >= 15 is 0 Å². The van der Waals surface area contributed by atoms with E-state index in [0.29, 0.717) is 5.11 Å². The molecule has 0 bridgehead atoms. The van der Waals surface area contributed by atoms with Gasteiger partial charge in [-0.3, -0.25) is 0 Å². The Labute approximate surface area is 155 Å². The molecule has 132 valence electrons. The highest BCUT2D eigenvalue weighted by molar-refractivity contribution is 7.80. The molecule has 25 heavy (non-hydrogen) atoms. The standard InChI is InChI=1S/C21H26N2OS/c1-5-15-7-9-16(10-8-15)22-20(25)23-18-13-21(3,4)24-19-12-14(2)6-11-17(18)19/h6-12,18H,5,13H2,1-4H3,(H2,22,23,25)/t18-/m1/s1. The molecule has 0 fully saturated rings. The minimum Gasteiger partial charge on any atom is -0.487 e. The Balaban J connectivity index is 1.74. The summed E-state index contributed by atoms with van der Waals surface area (Å²) in [7, 11) is 0. The van der Waals surface area contributed by atoms with Crippen molar-refractivity contribution < 1.29 is 4.74 Å². The number of rotatable bonds is 3. The number of hydrogen-bond donors (Lipinski definition) is 2. The van der Waals surface area contributed by atoms with E-state index in [4.69, 9.17) is 17.0 Å². The molecule has 1 atom stereocenters. The minimum atomic E-state index is -0.225. The number of ether oxygens (including phenoxy) is 1. The van der Waals surface area contributed by atoms with E-state index in [2.05, 4.69) is 80.8 Å². The van der Waals surface area contributed by atoms with Crippen molar-refractivity contribution in [3.05, 3.63) is 59.2 Å². The Morgan fingerprint density at radius 3 is 2.60 bits per heavy atom. The van der Waals surface area contributed by atoms with Crippen LogP contribution in [0.15, 0.2) is 42.5 Å². The predicted octanol–water partition coefficient (Wildman–Crippen LogP) is 5.15. The van der Waals surface area contributed by atoms with E-state index in [1.54, 1.807) is 0 Å². The van der Waals surface area contributed by atoms with Crippen LogP contribution in [0.25, 0.3) is 0 Å². The molecule has 3 nitrogen and oxygen atoms in total. The highest BCUT2D eigenvalue weighted by Gasteiger charge is 2.34. The number of fused-ring (bicyclic) bond motifs is 1. The second-order valence-electron chi connectivity index (χ2n) is 7.31. The molecule has 2 aromatic rings. The zero-order valence-electron chi connectivity index (χ0n) is 15.3. The number of nitrogens with one attached hydrogen (secondary N) is 2. The molecule has 2 aromatic carbocycles. The normalized spacial score (nSPS) is 18.0. The topological polar surface area (TPSA) is 33.3 Å². The first-order valence-corrected chi connectivity index (χ1v) is 9.23. The smallest absolute Gasteiger partial charge is 0.171 e. The maximum atomic E-state index is 6.15. The lowest BCUT2D eigenvalue weighted by Gasteiger charge is -2.38. The van der Waals surface area contributed by atoms with Gasteiger partial charge in [-0.25, -0.2) is 0 Å². The van der Waals surface area contributed by atoms with Crippen LogP contribution in [0.2, 0.25) is 0 Å². The van der Waals surface area contributed by atoms with E-state index in [0.717, 1.165) is 29.8 Å². The summed E-state index contributed by atoms with van der Waals surface area (Å²) < 4.78 is 6.15. The van der Waals surface area contributed by atoms with Gasteiger partial charge in [-0.1, -0.05) is 31.2 Å². The number of thiocarbonyl (C=S) groups is 1. The fraction of sp³-hybridized carbons (Fsp3) is 0.381. The minimum absolute atomic E-state index is 0.134. The number of benzene rings is 2. The van der Waals surface area contributed by atoms with Crippen molar-refractivity contribution in [2.24, 2.45) is 0 Å². The molecule has 0 radical (unpaired) electrons. The van der Waals surface area contributed by atoms with Gasteiger partial charge in [0.1, 0.15) is 11.4 Å². The van der Waals surface area contributed by atoms with Crippen LogP contribution < -0.4 is 15.4 Å². The Morgan fingerprint density at radius 1 is 1.20 bits per heavy atom. The largest absolute Gasteiger partial charge is 0.487 e. The van der Waals surface area contributed by atoms with E-state index in [1.807, 2.05) is 0 Å². The Morgan fingerprint density at radius 2 is 1.92 bits per heavy atom. The van der Waals surface area contributed by atoms with Gasteiger partial charge in [0.2, 0.25) is 0 Å². The van der Waals surface area contributed by atoms with E-state index in [-0.39, 0.29) is 11.6 Å². The molecule has 2 N–H and O–H groups in total. The second-order valence-corrected chi connectivity index (χ2v) is 7.72. The number of anilines is 1. The van der Waals surface area contributed by atoms with Crippen molar-refractivity contribution >= 4 is 23.0 Å². The van der Waals surface area contributed by atoms with Gasteiger partial charge in [-0.05, 0) is 68.7 Å². The van der Waals surface area contributed by atoms with Crippen LogP contribution >= 0.6 is 12.2 Å². The lowest BCUT2D eigenvalue weighted by Crippen LogP contribution is -2.42. The van der Waals surface area contributed by atoms with Gasteiger partial charge >= 0.3 is 0 Å². The average Bonchev–Trinajstić information content (AvgIpc) is 2.54. The number of aryl methyl sites for hydroxylation is 2. The summed E-state index contributed by atoms with van der Waals surface area (Å²) in [5.74, 6) is 0.948. The van der Waals surface area contributed by atoms with E-state index in [9.17, 15) is 0 Å². The maximum Gasteiger partial charge on any atom is 0.171 e. The van der Waals surface area contributed by atoms with Crippen LogP contribution in [0.4, 0.5) is 5.69 Å². The van der Waals surface area contributed by atoms with Gasteiger partial charge in [-0.2, -0.15) is 0 Å². The highest BCUT2D eigenvalue weighted by atomic mass is 32.1. The summed E-state index contributed by atoms with van der Waals surface area (Å²) >= 11 is 5.54. The fourth-order valence-electron chi connectivity index (χ4n) is 3.24. The Bertz CT molecular complexity index is 768. The zero-order valence-corrected chi connectivity index (χ0v) is 16.2. The Hall–Kier alpha value is -2.07. The van der Waals surface area contributed by atoms with Gasteiger partial charge in [0.25, 0.3) is 0 Å². The molecule has 0 saturated heterocycles. The molecule has 1 heterocycles. The molecule has 0 aromatic heterocycles. The van der Waals surface area contributed by atoms with Crippen molar-refractivity contribution in [2.45, 2.75) is 52.2 Å². The maximum absolute atomic E-state index is 6.15. The second kappa shape index (κ2) is 7.04. The van der Waals surface area contributed by atoms with Crippen LogP contribution in [-0.4, -0.2) is 10.7 Å². The van der Waals surface area contributed by atoms with Crippen molar-refractivity contribution in [1.82, 2.24) is 5.32 Å². The van der Waals surface area contributed by atoms with Crippen LogP contribution in [-0.2, 0) is 6.42 Å². The van der Waals surface area contributed by atoms with Crippen LogP contribution in [0.3, 0.4) is 0 Å². The molecule has 0 saturated carbocycles. The lowest BCUT2D eigenvalue weighted by atomic mass is 9.89. The van der Waals surface area contributed by atoms with Crippen molar-refractivity contribution in [1.29, 1.82) is 0 Å². The summed E-state index contributed by atoms with van der Waals surface area (Å²) in [6.07, 6.45) is 1.90. The van der Waals surface area contributed by atoms with Gasteiger partial charge in [0, 0.05) is 17.7 Å². The summed E-state index contributed by atoms with van der Waals surface area (Å²) in [5.41, 5.74) is 4.46. The summed E-state index contributed by atoms with van der Waals surface area (Å²) in [5, 5.41) is 7.39. The molecule has 0 amide bonds. The highest BCUT2D eigenvalue weighted by Crippen LogP contribution is 2.39. The van der Waals surface area contributed by atoms with E-state index < -0.39 is 0 Å². The Kier molecular flexibility index (Phi) is 5.00. The average molecular weight is 355 g/mol. The van der Waals surface area contributed by atoms with Gasteiger partial charge < -0.3 is 15.4 Å². The SMILES string of the molecule is CCc1ccc(NC(=S)N[C@@H]2CC(C)(C)Oc3cc(C)ccc32)cc1. The van der Waals surface area contributed by atoms with Crippen LogP contribution in [0, 0.1) is 6.92 Å². The third-order valence-electron chi connectivity index (χ3n) is 4.55. The predicted molar refractivity (Wildman–Crippen MR) is 108 cm³/mol. The molecule has 1 aliphatic rings. The van der Waals surface area contributed by atoms with Crippen molar-refractivity contribution in [3.63, 3.8) is 0 Å². The van der Waals surface area contributed by atoms with Gasteiger partial charge in [-0.15, -0.1) is 0 Å². The zero-order chi connectivity index (χ0) is 18.0. The van der Waals surface area contributed by atoms with Crippen LogP contribution in [0.5, 0.6) is 5.75 Å². The monoisotopic (exact) mass is 354 g/mol. The summed E-state index contributed by atoms with van der Waals surface area (Å²) in [6.45, 7) is 8.47. The van der Waals surface area contributed by atoms with Gasteiger partial charge in [0.15, 0.2) is 5.11 Å². The number of hydrogen-bond acceptors (Lipinski definition) is 2. The first-order valence-electron chi connectivity index (χ1n) is 8.82. The first-order chi connectivity index (χ1) is 11.9. The fourth-order valence-corrected chi connectivity index (χ4v) is 3.50. The molecular weight excluding hydrogens is 328 g/mol. The molecule has 1 aliphatic heterocycles. The van der Waals surface area contributed by atoms with Crippen molar-refractivity contribution in [3.8, 4) is 5.75 Å². The lowest BCUT2D eigenvalue weighted by molar-refractivity contribution is 0.0696. The molecular formula is C21H26N2OS. The van der Waals surface area contributed by atoms with E-state index in [1.165, 1.54) is 11.1 Å². The quantitative estimate of drug-likeness (QED) is 0.747. The van der Waals surface area contributed by atoms with Crippen LogP contribution in [0.1, 0.15) is 49.9 Å². The molecule has 0 unspecified atom stereocenters. The molecule has 4 heteroatoms.